The highest BCUT2D eigenvalue weighted by Crippen LogP contribution is 2.19. The summed E-state index contributed by atoms with van der Waals surface area (Å²) in [6.07, 6.45) is 3.39. The first-order valence-electron chi connectivity index (χ1n) is 6.31. The van der Waals surface area contributed by atoms with Crippen LogP contribution in [0.15, 0.2) is 24.5 Å². The lowest BCUT2D eigenvalue weighted by molar-refractivity contribution is -0.0558. The quantitative estimate of drug-likeness (QED) is 0.789. The first-order chi connectivity index (χ1) is 8.40. The maximum absolute atomic E-state index is 5.94. The Morgan fingerprint density at radius 3 is 2.56 bits per heavy atom. The molecule has 18 heavy (non-hydrogen) atoms. The number of pyridine rings is 1. The van der Waals surface area contributed by atoms with Crippen molar-refractivity contribution in [1.29, 1.82) is 0 Å². The van der Waals surface area contributed by atoms with Crippen LogP contribution in [0.3, 0.4) is 0 Å². The van der Waals surface area contributed by atoms with Gasteiger partial charge in [-0.15, -0.1) is 0 Å². The number of ether oxygens (including phenoxy) is 2. The van der Waals surface area contributed by atoms with E-state index in [0.717, 1.165) is 5.56 Å². The van der Waals surface area contributed by atoms with Crippen molar-refractivity contribution in [3.63, 3.8) is 0 Å². The monoisotopic (exact) mass is 252 g/mol. The molecule has 2 unspecified atom stereocenters. The van der Waals surface area contributed by atoms with Crippen LogP contribution >= 0.6 is 0 Å². The fourth-order valence-corrected chi connectivity index (χ4v) is 1.62. The van der Waals surface area contributed by atoms with E-state index in [1.54, 1.807) is 12.4 Å². The highest BCUT2D eigenvalue weighted by molar-refractivity contribution is 5.13. The van der Waals surface area contributed by atoms with E-state index in [1.165, 1.54) is 0 Å². The van der Waals surface area contributed by atoms with Crippen LogP contribution in [0.4, 0.5) is 0 Å². The van der Waals surface area contributed by atoms with E-state index in [9.17, 15) is 0 Å². The minimum Gasteiger partial charge on any atom is -0.373 e. The molecule has 2 atom stereocenters. The molecule has 0 aliphatic rings. The molecule has 102 valence electrons. The van der Waals surface area contributed by atoms with Gasteiger partial charge in [0.15, 0.2) is 0 Å². The summed E-state index contributed by atoms with van der Waals surface area (Å²) >= 11 is 0. The molecule has 0 aromatic carbocycles. The van der Waals surface area contributed by atoms with Crippen molar-refractivity contribution in [2.24, 2.45) is 5.73 Å². The fraction of sp³-hybridized carbons (Fsp3) is 0.643. The van der Waals surface area contributed by atoms with Gasteiger partial charge in [-0.2, -0.15) is 0 Å². The molecule has 0 saturated carbocycles. The molecule has 0 amide bonds. The number of hydrogen-bond acceptors (Lipinski definition) is 4. The predicted molar refractivity (Wildman–Crippen MR) is 72.3 cm³/mol. The van der Waals surface area contributed by atoms with Gasteiger partial charge in [0.05, 0.1) is 24.9 Å². The third kappa shape index (κ3) is 5.58. The van der Waals surface area contributed by atoms with Crippen LogP contribution < -0.4 is 5.73 Å². The minimum absolute atomic E-state index is 0.0798. The maximum Gasteiger partial charge on any atom is 0.0988 e. The van der Waals surface area contributed by atoms with Gasteiger partial charge in [-0.1, -0.05) is 6.07 Å². The van der Waals surface area contributed by atoms with Gasteiger partial charge in [0, 0.05) is 24.0 Å². The molecule has 0 aliphatic carbocycles. The molecule has 1 rings (SSSR count). The first kappa shape index (κ1) is 15.1. The van der Waals surface area contributed by atoms with Crippen LogP contribution in [0, 0.1) is 0 Å². The average molecular weight is 252 g/mol. The second kappa shape index (κ2) is 6.83. The van der Waals surface area contributed by atoms with E-state index in [-0.39, 0.29) is 17.7 Å². The topological polar surface area (TPSA) is 57.4 Å². The zero-order valence-electron chi connectivity index (χ0n) is 11.7. The zero-order chi connectivity index (χ0) is 13.6. The molecule has 0 bridgehead atoms. The Bertz CT molecular complexity index is 333. The molecule has 0 aliphatic heterocycles. The van der Waals surface area contributed by atoms with Crippen LogP contribution in [0.5, 0.6) is 0 Å². The fourth-order valence-electron chi connectivity index (χ4n) is 1.62. The number of nitrogens with two attached hydrogens (primary N) is 1. The molecular formula is C14H24N2O2. The molecule has 0 spiro atoms. The van der Waals surface area contributed by atoms with Crippen LogP contribution in [-0.4, -0.2) is 29.8 Å². The van der Waals surface area contributed by atoms with E-state index in [2.05, 4.69) is 4.98 Å². The van der Waals surface area contributed by atoms with Gasteiger partial charge in [0.2, 0.25) is 0 Å². The van der Waals surface area contributed by atoms with Crippen molar-refractivity contribution in [3.8, 4) is 0 Å². The molecule has 2 N–H and O–H groups in total. The van der Waals surface area contributed by atoms with Gasteiger partial charge in [-0.25, -0.2) is 0 Å². The summed E-state index contributed by atoms with van der Waals surface area (Å²) in [6, 6.07) is 3.79. The normalized spacial score (nSPS) is 15.4. The standard InChI is InChI=1S/C14H24N2O2/c1-11(15)13(12-6-5-7-16-10-12)17-8-9-18-14(2,3)4/h5-7,10-11,13H,8-9,15H2,1-4H3. The summed E-state index contributed by atoms with van der Waals surface area (Å²) < 4.78 is 11.4. The molecule has 1 aromatic rings. The Kier molecular flexibility index (Phi) is 5.72. The number of hydrogen-bond donors (Lipinski definition) is 1. The minimum atomic E-state index is -0.137. The smallest absolute Gasteiger partial charge is 0.0988 e. The third-order valence-electron chi connectivity index (χ3n) is 2.41. The third-order valence-corrected chi connectivity index (χ3v) is 2.41. The Hall–Kier alpha value is -0.970. The Labute approximate surface area is 110 Å². The summed E-state index contributed by atoms with van der Waals surface area (Å²) in [7, 11) is 0. The van der Waals surface area contributed by atoms with Crippen LogP contribution in [-0.2, 0) is 9.47 Å². The summed E-state index contributed by atoms with van der Waals surface area (Å²) in [5, 5.41) is 0. The van der Waals surface area contributed by atoms with E-state index in [1.807, 2.05) is 39.8 Å². The van der Waals surface area contributed by atoms with Crippen LogP contribution in [0.25, 0.3) is 0 Å². The van der Waals surface area contributed by atoms with Gasteiger partial charge in [-0.3, -0.25) is 4.98 Å². The van der Waals surface area contributed by atoms with Crippen molar-refractivity contribution < 1.29 is 9.47 Å². The Balaban J connectivity index is 2.45. The van der Waals surface area contributed by atoms with E-state index >= 15 is 0 Å². The lowest BCUT2D eigenvalue weighted by atomic mass is 10.1. The summed E-state index contributed by atoms with van der Waals surface area (Å²) in [5.74, 6) is 0. The Morgan fingerprint density at radius 2 is 2.06 bits per heavy atom. The SMILES string of the molecule is CC(N)C(OCCOC(C)(C)C)c1cccnc1. The van der Waals surface area contributed by atoms with Crippen molar-refractivity contribution in [2.75, 3.05) is 13.2 Å². The summed E-state index contributed by atoms with van der Waals surface area (Å²) in [5.41, 5.74) is 6.81. The molecule has 0 fully saturated rings. The molecule has 1 heterocycles. The van der Waals surface area contributed by atoms with Gasteiger partial charge in [-0.05, 0) is 33.8 Å². The largest absolute Gasteiger partial charge is 0.373 e. The number of rotatable bonds is 6. The maximum atomic E-state index is 5.94. The number of nitrogens with zero attached hydrogens (tertiary/aromatic N) is 1. The predicted octanol–water partition coefficient (Wildman–Crippen LogP) is 2.30. The van der Waals surface area contributed by atoms with E-state index in [4.69, 9.17) is 15.2 Å². The summed E-state index contributed by atoms with van der Waals surface area (Å²) in [6.45, 7) is 9.10. The molecule has 0 saturated heterocycles. The van der Waals surface area contributed by atoms with Crippen LogP contribution in [0.1, 0.15) is 39.4 Å². The molecule has 4 nitrogen and oxygen atoms in total. The van der Waals surface area contributed by atoms with Gasteiger partial charge < -0.3 is 15.2 Å². The van der Waals surface area contributed by atoms with Crippen molar-refractivity contribution in [1.82, 2.24) is 4.98 Å². The van der Waals surface area contributed by atoms with Gasteiger partial charge >= 0.3 is 0 Å². The molecule has 1 aromatic heterocycles. The highest BCUT2D eigenvalue weighted by Gasteiger charge is 2.17. The van der Waals surface area contributed by atoms with Crippen molar-refractivity contribution in [2.45, 2.75) is 45.4 Å². The van der Waals surface area contributed by atoms with Gasteiger partial charge in [0.1, 0.15) is 0 Å². The van der Waals surface area contributed by atoms with Crippen LogP contribution in [0.2, 0.25) is 0 Å². The average Bonchev–Trinajstić information content (AvgIpc) is 2.28. The van der Waals surface area contributed by atoms with E-state index < -0.39 is 0 Å². The van der Waals surface area contributed by atoms with Gasteiger partial charge in [0.25, 0.3) is 0 Å². The molecule has 4 heteroatoms. The zero-order valence-corrected chi connectivity index (χ0v) is 11.7. The first-order valence-corrected chi connectivity index (χ1v) is 6.31. The van der Waals surface area contributed by atoms with E-state index in [0.29, 0.717) is 13.2 Å². The van der Waals surface area contributed by atoms with Crippen molar-refractivity contribution >= 4 is 0 Å². The van der Waals surface area contributed by atoms with Crippen molar-refractivity contribution in [3.05, 3.63) is 30.1 Å². The molecular weight excluding hydrogens is 228 g/mol. The second-order valence-corrected chi connectivity index (χ2v) is 5.40. The highest BCUT2D eigenvalue weighted by atomic mass is 16.5. The second-order valence-electron chi connectivity index (χ2n) is 5.40. The molecule has 0 radical (unpaired) electrons. The lowest BCUT2D eigenvalue weighted by Gasteiger charge is -2.24. The summed E-state index contributed by atoms with van der Waals surface area (Å²) in [4.78, 5) is 4.09. The lowest BCUT2D eigenvalue weighted by Crippen LogP contribution is -2.29. The number of aromatic nitrogens is 1. The Morgan fingerprint density at radius 1 is 1.33 bits per heavy atom.